The van der Waals surface area contributed by atoms with Crippen molar-refractivity contribution in [2.24, 2.45) is 0 Å². The van der Waals surface area contributed by atoms with Gasteiger partial charge >= 0.3 is 0 Å². The van der Waals surface area contributed by atoms with Gasteiger partial charge in [-0.05, 0) is 6.92 Å². The Balaban J connectivity index is 3.01. The van der Waals surface area contributed by atoms with Crippen molar-refractivity contribution in [3.63, 3.8) is 0 Å². The number of halogens is 1. The smallest absolute Gasteiger partial charge is 0.163 e. The quantitative estimate of drug-likeness (QED) is 0.488. The predicted octanol–water partition coefficient (Wildman–Crippen LogP) is 2.22. The highest BCUT2D eigenvalue weighted by Gasteiger charge is 2.07. The number of hydrogen-bond acceptors (Lipinski definition) is 2. The van der Waals surface area contributed by atoms with Crippen LogP contribution in [0.3, 0.4) is 0 Å². The summed E-state index contributed by atoms with van der Waals surface area (Å²) in [7, 11) is 0. The molecule has 0 radical (unpaired) electrons. The summed E-state index contributed by atoms with van der Waals surface area (Å²) >= 11 is 5.51. The fourth-order valence-electron chi connectivity index (χ4n) is 0.736. The molecule has 0 amide bonds. The number of hydrogen-bond donors (Lipinski definition) is 0. The van der Waals surface area contributed by atoms with Crippen LogP contribution in [0.5, 0.6) is 0 Å². The highest BCUT2D eigenvalue weighted by molar-refractivity contribution is 6.17. The van der Waals surface area contributed by atoms with E-state index in [9.17, 15) is 4.79 Å². The molecular weight excluding hydrogens is 152 g/mol. The van der Waals surface area contributed by atoms with Crippen LogP contribution in [0.1, 0.15) is 22.8 Å². The average molecular weight is 159 g/mol. The number of furan rings is 1. The maximum atomic E-state index is 10.8. The molecule has 1 aromatic heterocycles. The fourth-order valence-corrected chi connectivity index (χ4v) is 0.943. The summed E-state index contributed by atoms with van der Waals surface area (Å²) in [6, 6.07) is 0. The summed E-state index contributed by atoms with van der Waals surface area (Å²) in [6.07, 6.45) is 2.91. The van der Waals surface area contributed by atoms with Gasteiger partial charge in [0.1, 0.15) is 6.26 Å². The van der Waals surface area contributed by atoms with E-state index in [4.69, 9.17) is 16.0 Å². The lowest BCUT2D eigenvalue weighted by atomic mass is 10.1. The first-order valence-corrected chi connectivity index (χ1v) is 3.41. The lowest BCUT2D eigenvalue weighted by Gasteiger charge is -1.89. The maximum Gasteiger partial charge on any atom is 0.163 e. The van der Waals surface area contributed by atoms with Gasteiger partial charge in [0.25, 0.3) is 0 Å². The van der Waals surface area contributed by atoms with Gasteiger partial charge in [-0.25, -0.2) is 0 Å². The van der Waals surface area contributed by atoms with Crippen LogP contribution < -0.4 is 0 Å². The molecule has 0 saturated heterocycles. The van der Waals surface area contributed by atoms with Crippen LogP contribution in [0.2, 0.25) is 0 Å². The summed E-state index contributed by atoms with van der Waals surface area (Å²) in [5.41, 5.74) is 1.34. The van der Waals surface area contributed by atoms with Crippen LogP contribution >= 0.6 is 11.6 Å². The Bertz CT molecular complexity index is 240. The van der Waals surface area contributed by atoms with Crippen molar-refractivity contribution < 1.29 is 9.21 Å². The third-order valence-corrected chi connectivity index (χ3v) is 1.55. The highest BCUT2D eigenvalue weighted by Crippen LogP contribution is 2.12. The van der Waals surface area contributed by atoms with Gasteiger partial charge in [0.2, 0.25) is 0 Å². The molecule has 0 fully saturated rings. The van der Waals surface area contributed by atoms with E-state index in [0.29, 0.717) is 11.4 Å². The van der Waals surface area contributed by atoms with Crippen LogP contribution in [-0.2, 0) is 5.88 Å². The minimum Gasteiger partial charge on any atom is -0.472 e. The summed E-state index contributed by atoms with van der Waals surface area (Å²) < 4.78 is 4.79. The SMILES string of the molecule is CC(=O)c1cocc1CCl. The van der Waals surface area contributed by atoms with Gasteiger partial charge in [0, 0.05) is 5.56 Å². The van der Waals surface area contributed by atoms with Gasteiger partial charge in [-0.15, -0.1) is 11.6 Å². The summed E-state index contributed by atoms with van der Waals surface area (Å²) in [5.74, 6) is 0.315. The Morgan fingerprint density at radius 1 is 1.70 bits per heavy atom. The second-order valence-electron chi connectivity index (χ2n) is 2.00. The lowest BCUT2D eigenvalue weighted by molar-refractivity contribution is 0.101. The number of carbonyl (C=O) groups excluding carboxylic acids is 1. The molecule has 1 aromatic rings. The van der Waals surface area contributed by atoms with Gasteiger partial charge in [-0.2, -0.15) is 0 Å². The van der Waals surface area contributed by atoms with E-state index in [2.05, 4.69) is 0 Å². The Morgan fingerprint density at radius 2 is 2.40 bits per heavy atom. The molecule has 1 rings (SSSR count). The van der Waals surface area contributed by atoms with E-state index in [0.717, 1.165) is 5.56 Å². The minimum absolute atomic E-state index is 0.00981. The Kier molecular flexibility index (Phi) is 2.12. The first kappa shape index (κ1) is 7.35. The molecule has 0 aliphatic rings. The van der Waals surface area contributed by atoms with E-state index in [1.54, 1.807) is 0 Å². The molecule has 0 atom stereocenters. The zero-order valence-electron chi connectivity index (χ0n) is 5.56. The minimum atomic E-state index is -0.00981. The Labute approximate surface area is 63.8 Å². The normalized spacial score (nSPS) is 9.80. The van der Waals surface area contributed by atoms with Crippen molar-refractivity contribution in [3.8, 4) is 0 Å². The first-order valence-electron chi connectivity index (χ1n) is 2.87. The number of rotatable bonds is 2. The first-order chi connectivity index (χ1) is 4.75. The second kappa shape index (κ2) is 2.88. The second-order valence-corrected chi connectivity index (χ2v) is 2.27. The summed E-state index contributed by atoms with van der Waals surface area (Å²) in [4.78, 5) is 10.8. The van der Waals surface area contributed by atoms with Crippen LogP contribution in [0.4, 0.5) is 0 Å². The molecule has 2 nitrogen and oxygen atoms in total. The predicted molar refractivity (Wildman–Crippen MR) is 38.3 cm³/mol. The third-order valence-electron chi connectivity index (χ3n) is 1.27. The van der Waals surface area contributed by atoms with E-state index in [-0.39, 0.29) is 5.78 Å². The van der Waals surface area contributed by atoms with Crippen LogP contribution in [0.25, 0.3) is 0 Å². The molecule has 0 aliphatic heterocycles. The topological polar surface area (TPSA) is 30.2 Å². The van der Waals surface area contributed by atoms with Crippen molar-refractivity contribution in [1.82, 2.24) is 0 Å². The zero-order chi connectivity index (χ0) is 7.56. The van der Waals surface area contributed by atoms with Crippen molar-refractivity contribution in [2.45, 2.75) is 12.8 Å². The molecule has 1 heterocycles. The molecule has 0 aliphatic carbocycles. The molecule has 3 heteroatoms. The average Bonchev–Trinajstić information content (AvgIpc) is 2.33. The van der Waals surface area contributed by atoms with Gasteiger partial charge in [0.15, 0.2) is 5.78 Å². The van der Waals surface area contributed by atoms with E-state index < -0.39 is 0 Å². The Morgan fingerprint density at radius 3 is 2.80 bits per heavy atom. The maximum absolute atomic E-state index is 10.8. The lowest BCUT2D eigenvalue weighted by Crippen LogP contribution is -1.92. The molecular formula is C7H7ClO2. The number of carbonyl (C=O) groups is 1. The van der Waals surface area contributed by atoms with E-state index in [1.165, 1.54) is 19.5 Å². The van der Waals surface area contributed by atoms with Crippen LogP contribution in [0.15, 0.2) is 16.9 Å². The molecule has 0 saturated carbocycles. The van der Waals surface area contributed by atoms with Gasteiger partial charge in [-0.1, -0.05) is 0 Å². The zero-order valence-corrected chi connectivity index (χ0v) is 6.31. The van der Waals surface area contributed by atoms with Crippen LogP contribution in [0, 0.1) is 0 Å². The molecule has 54 valence electrons. The molecule has 0 aromatic carbocycles. The van der Waals surface area contributed by atoms with Gasteiger partial charge in [-0.3, -0.25) is 4.79 Å². The summed E-state index contributed by atoms with van der Waals surface area (Å²) in [5, 5.41) is 0. The van der Waals surface area contributed by atoms with Gasteiger partial charge < -0.3 is 4.42 Å². The monoisotopic (exact) mass is 158 g/mol. The highest BCUT2D eigenvalue weighted by atomic mass is 35.5. The molecule has 0 spiro atoms. The molecule has 0 N–H and O–H groups in total. The largest absolute Gasteiger partial charge is 0.472 e. The van der Waals surface area contributed by atoms with Gasteiger partial charge in [0.05, 0.1) is 17.7 Å². The van der Waals surface area contributed by atoms with Crippen molar-refractivity contribution in [3.05, 3.63) is 23.7 Å². The van der Waals surface area contributed by atoms with Crippen molar-refractivity contribution >= 4 is 17.4 Å². The molecule has 0 unspecified atom stereocenters. The third kappa shape index (κ3) is 1.21. The fraction of sp³-hybridized carbons (Fsp3) is 0.286. The number of ketones is 1. The van der Waals surface area contributed by atoms with Crippen molar-refractivity contribution in [2.75, 3.05) is 0 Å². The molecule has 10 heavy (non-hydrogen) atoms. The summed E-state index contributed by atoms with van der Waals surface area (Å²) in [6.45, 7) is 1.49. The van der Waals surface area contributed by atoms with Crippen molar-refractivity contribution in [1.29, 1.82) is 0 Å². The van der Waals surface area contributed by atoms with Crippen LogP contribution in [-0.4, -0.2) is 5.78 Å². The standard InChI is InChI=1S/C7H7ClO2/c1-5(9)7-4-10-3-6(7)2-8/h3-4H,2H2,1H3. The van der Waals surface area contributed by atoms with E-state index in [1.807, 2.05) is 0 Å². The Hall–Kier alpha value is -0.760. The molecule has 0 bridgehead atoms. The number of Topliss-reactive ketones (excluding diaryl/α,β-unsaturated/α-hetero) is 1. The number of alkyl halides is 1. The van der Waals surface area contributed by atoms with E-state index >= 15 is 0 Å².